The molecule has 0 unspecified atom stereocenters. The SMILES string of the molecule is N#CCC1(NC(=O)N[C@](Cc2ccccc2)(c2ccc(F)cc2)c2cc(F)cc(OC(F)(F)C(F)F)c2)CC1. The van der Waals surface area contributed by atoms with Crippen molar-refractivity contribution >= 4 is 6.03 Å². The Balaban J connectivity index is 1.87. The first kappa shape index (κ1) is 27.8. The first-order valence-corrected chi connectivity index (χ1v) is 11.9. The number of nitrogens with zero attached hydrogens (tertiary/aromatic N) is 1. The first-order valence-electron chi connectivity index (χ1n) is 11.9. The van der Waals surface area contributed by atoms with Gasteiger partial charge in [0.25, 0.3) is 0 Å². The number of rotatable bonds is 10. The molecule has 39 heavy (non-hydrogen) atoms. The minimum atomic E-state index is -4.91. The molecule has 0 saturated heterocycles. The molecule has 0 aliphatic heterocycles. The highest BCUT2D eigenvalue weighted by molar-refractivity contribution is 5.77. The third kappa shape index (κ3) is 6.45. The predicted molar refractivity (Wildman–Crippen MR) is 129 cm³/mol. The monoisotopic (exact) mass is 547 g/mol. The minimum Gasteiger partial charge on any atom is -0.428 e. The van der Waals surface area contributed by atoms with Gasteiger partial charge in [-0.2, -0.15) is 22.8 Å². The van der Waals surface area contributed by atoms with Gasteiger partial charge in [0.2, 0.25) is 0 Å². The van der Waals surface area contributed by atoms with Gasteiger partial charge in [-0.1, -0.05) is 42.5 Å². The number of ether oxygens (including phenoxy) is 1. The number of amides is 2. The van der Waals surface area contributed by atoms with E-state index in [1.54, 1.807) is 30.3 Å². The summed E-state index contributed by atoms with van der Waals surface area (Å²) in [6.07, 6.45) is -8.03. The van der Waals surface area contributed by atoms with Crippen LogP contribution < -0.4 is 15.4 Å². The molecule has 2 amide bonds. The summed E-state index contributed by atoms with van der Waals surface area (Å²) in [5.41, 5.74) is -1.74. The molecule has 1 atom stereocenters. The Bertz CT molecular complexity index is 1360. The molecular formula is C28H23F6N3O2. The predicted octanol–water partition coefficient (Wildman–Crippen LogP) is 6.43. The van der Waals surface area contributed by atoms with Crippen molar-refractivity contribution in [2.75, 3.05) is 0 Å². The van der Waals surface area contributed by atoms with Crippen molar-refractivity contribution in [3.8, 4) is 11.8 Å². The lowest BCUT2D eigenvalue weighted by molar-refractivity contribution is -0.253. The highest BCUT2D eigenvalue weighted by Crippen LogP contribution is 2.40. The van der Waals surface area contributed by atoms with Crippen molar-refractivity contribution in [3.05, 3.63) is 101 Å². The number of benzene rings is 3. The Hall–Kier alpha value is -4.20. The van der Waals surface area contributed by atoms with E-state index in [0.29, 0.717) is 24.5 Å². The highest BCUT2D eigenvalue weighted by atomic mass is 19.3. The lowest BCUT2D eigenvalue weighted by Gasteiger charge is -2.37. The van der Waals surface area contributed by atoms with Gasteiger partial charge in [-0.25, -0.2) is 13.6 Å². The van der Waals surface area contributed by atoms with E-state index in [1.165, 1.54) is 12.1 Å². The van der Waals surface area contributed by atoms with E-state index in [4.69, 9.17) is 5.26 Å². The Labute approximate surface area is 220 Å². The second kappa shape index (κ2) is 10.9. The molecule has 3 aromatic carbocycles. The maximum absolute atomic E-state index is 14.8. The van der Waals surface area contributed by atoms with Crippen molar-refractivity contribution in [1.29, 1.82) is 5.26 Å². The molecule has 204 valence electrons. The van der Waals surface area contributed by atoms with Gasteiger partial charge >= 0.3 is 18.6 Å². The highest BCUT2D eigenvalue weighted by Gasteiger charge is 2.47. The van der Waals surface area contributed by atoms with E-state index in [-0.39, 0.29) is 24.0 Å². The third-order valence-electron chi connectivity index (χ3n) is 6.50. The normalized spacial score (nSPS) is 15.6. The van der Waals surface area contributed by atoms with E-state index in [9.17, 15) is 31.1 Å². The maximum atomic E-state index is 14.8. The summed E-state index contributed by atoms with van der Waals surface area (Å²) in [6, 6.07) is 17.1. The number of carbonyl (C=O) groups is 1. The van der Waals surface area contributed by atoms with Gasteiger partial charge in [-0.15, -0.1) is 0 Å². The zero-order valence-corrected chi connectivity index (χ0v) is 20.4. The Morgan fingerprint density at radius 1 is 0.974 bits per heavy atom. The lowest BCUT2D eigenvalue weighted by atomic mass is 9.77. The van der Waals surface area contributed by atoms with Crippen molar-refractivity contribution < 1.29 is 35.9 Å². The molecule has 0 spiro atoms. The summed E-state index contributed by atoms with van der Waals surface area (Å²) in [4.78, 5) is 13.3. The van der Waals surface area contributed by atoms with Crippen LogP contribution in [0.1, 0.15) is 36.0 Å². The average molecular weight is 547 g/mol. The fraction of sp³-hybridized carbons (Fsp3) is 0.286. The smallest absolute Gasteiger partial charge is 0.428 e. The second-order valence-corrected chi connectivity index (χ2v) is 9.41. The summed E-state index contributed by atoms with van der Waals surface area (Å²) >= 11 is 0. The van der Waals surface area contributed by atoms with Crippen LogP contribution in [0.15, 0.2) is 72.8 Å². The number of nitrogens with one attached hydrogen (secondary N) is 2. The average Bonchev–Trinajstić information content (AvgIpc) is 3.62. The molecule has 5 nitrogen and oxygen atoms in total. The quantitative estimate of drug-likeness (QED) is 0.287. The van der Waals surface area contributed by atoms with Gasteiger partial charge < -0.3 is 15.4 Å². The van der Waals surface area contributed by atoms with E-state index in [1.807, 2.05) is 6.07 Å². The molecule has 0 bridgehead atoms. The zero-order valence-electron chi connectivity index (χ0n) is 20.4. The molecule has 2 N–H and O–H groups in total. The Morgan fingerprint density at radius 3 is 2.23 bits per heavy atom. The minimum absolute atomic E-state index is 0.0450. The number of urea groups is 1. The van der Waals surface area contributed by atoms with Crippen LogP contribution in [0, 0.1) is 23.0 Å². The van der Waals surface area contributed by atoms with E-state index in [0.717, 1.165) is 24.3 Å². The molecular weight excluding hydrogens is 524 g/mol. The van der Waals surface area contributed by atoms with Crippen LogP contribution in [-0.2, 0) is 12.0 Å². The summed E-state index contributed by atoms with van der Waals surface area (Å²) < 4.78 is 86.0. The summed E-state index contributed by atoms with van der Waals surface area (Å²) in [7, 11) is 0. The van der Waals surface area contributed by atoms with Crippen LogP contribution in [-0.4, -0.2) is 24.1 Å². The molecule has 0 heterocycles. The molecule has 0 aromatic heterocycles. The summed E-state index contributed by atoms with van der Waals surface area (Å²) in [6.45, 7) is 0. The maximum Gasteiger partial charge on any atom is 0.461 e. The Morgan fingerprint density at radius 2 is 1.64 bits per heavy atom. The van der Waals surface area contributed by atoms with Gasteiger partial charge in [0, 0.05) is 12.5 Å². The standard InChI is InChI=1S/C28H23F6N3O2/c29-21-8-6-19(7-9-21)27(17-18-4-2-1-3-5-18,37-25(38)36-26(10-11-26)12-13-35)20-14-22(30)16-23(15-20)39-28(33,34)24(31)32/h1-9,14-16,24H,10-12,17H2,(H2,36,37,38)/t27-/m1/s1. The largest absolute Gasteiger partial charge is 0.461 e. The fourth-order valence-electron chi connectivity index (χ4n) is 4.38. The number of hydrogen-bond donors (Lipinski definition) is 2. The number of alkyl halides is 4. The fourth-order valence-corrected chi connectivity index (χ4v) is 4.38. The third-order valence-corrected chi connectivity index (χ3v) is 6.50. The van der Waals surface area contributed by atoms with Crippen molar-refractivity contribution in [1.82, 2.24) is 10.6 Å². The molecule has 4 rings (SSSR count). The molecule has 3 aromatic rings. The second-order valence-electron chi connectivity index (χ2n) is 9.41. The van der Waals surface area contributed by atoms with Crippen LogP contribution in [0.4, 0.5) is 31.1 Å². The number of hydrogen-bond acceptors (Lipinski definition) is 3. The molecule has 0 radical (unpaired) electrons. The van der Waals surface area contributed by atoms with Crippen LogP contribution in [0.2, 0.25) is 0 Å². The van der Waals surface area contributed by atoms with E-state index < -0.39 is 47.0 Å². The van der Waals surface area contributed by atoms with Gasteiger partial charge in [-0.05, 0) is 53.8 Å². The van der Waals surface area contributed by atoms with Crippen molar-refractivity contribution in [3.63, 3.8) is 0 Å². The van der Waals surface area contributed by atoms with Crippen molar-refractivity contribution in [2.24, 2.45) is 0 Å². The number of nitriles is 1. The van der Waals surface area contributed by atoms with Gasteiger partial charge in [0.05, 0.1) is 23.6 Å². The lowest BCUT2D eigenvalue weighted by Crippen LogP contribution is -2.54. The van der Waals surface area contributed by atoms with Crippen LogP contribution in [0.25, 0.3) is 0 Å². The van der Waals surface area contributed by atoms with E-state index in [2.05, 4.69) is 15.4 Å². The van der Waals surface area contributed by atoms with Gasteiger partial charge in [-0.3, -0.25) is 0 Å². The summed E-state index contributed by atoms with van der Waals surface area (Å²) in [5, 5.41) is 14.7. The van der Waals surface area contributed by atoms with Crippen LogP contribution >= 0.6 is 0 Å². The molecule has 11 heteroatoms. The van der Waals surface area contributed by atoms with Crippen LogP contribution in [0.5, 0.6) is 5.75 Å². The molecule has 1 aliphatic carbocycles. The topological polar surface area (TPSA) is 74.2 Å². The number of carbonyl (C=O) groups excluding carboxylic acids is 1. The Kier molecular flexibility index (Phi) is 7.77. The molecule has 1 aliphatic rings. The zero-order chi connectivity index (χ0) is 28.3. The molecule has 1 fully saturated rings. The van der Waals surface area contributed by atoms with Crippen molar-refractivity contribution in [2.45, 2.75) is 49.3 Å². The molecule has 1 saturated carbocycles. The van der Waals surface area contributed by atoms with Gasteiger partial charge in [0.1, 0.15) is 17.4 Å². The van der Waals surface area contributed by atoms with Gasteiger partial charge in [0.15, 0.2) is 0 Å². The van der Waals surface area contributed by atoms with E-state index >= 15 is 0 Å². The van der Waals surface area contributed by atoms with Crippen LogP contribution in [0.3, 0.4) is 0 Å². The summed E-state index contributed by atoms with van der Waals surface area (Å²) in [5.74, 6) is -2.61. The number of halogens is 6. The first-order chi connectivity index (χ1) is 18.5.